The molecule has 0 amide bonds. The molecule has 0 spiro atoms. The largest absolute Gasteiger partial charge is 0.508 e. The van der Waals surface area contributed by atoms with Gasteiger partial charge < -0.3 is 5.11 Å². The van der Waals surface area contributed by atoms with E-state index in [1.165, 1.54) is 35.1 Å². The van der Waals surface area contributed by atoms with Gasteiger partial charge in [-0.3, -0.25) is 0 Å². The van der Waals surface area contributed by atoms with Gasteiger partial charge in [0.15, 0.2) is 0 Å². The van der Waals surface area contributed by atoms with Crippen molar-refractivity contribution in [1.82, 2.24) is 0 Å². The maximum Gasteiger partial charge on any atom is 0.115 e. The Hall–Kier alpha value is -2.02. The summed E-state index contributed by atoms with van der Waals surface area (Å²) in [4.78, 5) is 0. The molecule has 27 heavy (non-hydrogen) atoms. The Morgan fingerprint density at radius 1 is 0.852 bits per heavy atom. The van der Waals surface area contributed by atoms with Crippen LogP contribution in [0, 0.1) is 0 Å². The first-order valence-electron chi connectivity index (χ1n) is 10.2. The van der Waals surface area contributed by atoms with Crippen LogP contribution in [0.15, 0.2) is 60.2 Å². The number of hydrogen-bond acceptors (Lipinski definition) is 1. The van der Waals surface area contributed by atoms with Gasteiger partial charge in [0.25, 0.3) is 0 Å². The number of phenols is 1. The van der Waals surface area contributed by atoms with Crippen LogP contribution in [-0.2, 0) is 11.8 Å². The third kappa shape index (κ3) is 9.47. The van der Waals surface area contributed by atoms with Crippen LogP contribution in [0.1, 0.15) is 84.9 Å². The van der Waals surface area contributed by atoms with Crippen molar-refractivity contribution < 1.29 is 5.11 Å². The van der Waals surface area contributed by atoms with Gasteiger partial charge in [-0.2, -0.15) is 0 Å². The Morgan fingerprint density at radius 3 is 1.56 bits per heavy atom. The van der Waals surface area contributed by atoms with Crippen LogP contribution in [0.5, 0.6) is 5.75 Å². The van der Waals surface area contributed by atoms with E-state index in [2.05, 4.69) is 78.8 Å². The number of allylic oxidation sites excluding steroid dienone is 2. The first kappa shape index (κ1) is 25.0. The average molecular weight is 369 g/mol. The molecule has 1 nitrogen and oxygen atoms in total. The highest BCUT2D eigenvalue weighted by Crippen LogP contribution is 2.32. The molecule has 2 aromatic rings. The van der Waals surface area contributed by atoms with Crippen molar-refractivity contribution in [2.24, 2.45) is 0 Å². The number of phenolic OH excluding ortho intramolecular Hbond substituents is 1. The molecule has 0 atom stereocenters. The molecule has 2 aromatic carbocycles. The number of benzene rings is 2. The highest BCUT2D eigenvalue weighted by atomic mass is 16.3. The maximum atomic E-state index is 9.39. The molecule has 2 rings (SSSR count). The number of hydrogen-bond donors (Lipinski definition) is 1. The van der Waals surface area contributed by atoms with E-state index in [9.17, 15) is 5.11 Å². The Balaban J connectivity index is 0.000000719. The highest BCUT2D eigenvalue weighted by molar-refractivity contribution is 5.40. The lowest BCUT2D eigenvalue weighted by Crippen LogP contribution is -2.18. The fraction of sp³-hybridized carbons (Fsp3) is 0.462. The summed E-state index contributed by atoms with van der Waals surface area (Å²) < 4.78 is 0. The Bertz CT molecular complexity index is 642. The van der Waals surface area contributed by atoms with E-state index in [1.54, 1.807) is 12.1 Å². The lowest BCUT2D eigenvalue weighted by Gasteiger charge is -2.26. The van der Waals surface area contributed by atoms with Gasteiger partial charge in [0.05, 0.1) is 0 Å². The SMILES string of the molecule is CC=C(C)C.CCC.CCCc1ccc(C(C)(C)c2ccc(O)cc2)cc1. The molecule has 0 bridgehead atoms. The number of rotatable bonds is 4. The zero-order chi connectivity index (χ0) is 20.9. The third-order valence-corrected chi connectivity index (χ3v) is 4.38. The number of aromatic hydroxyl groups is 1. The monoisotopic (exact) mass is 368 g/mol. The lowest BCUT2D eigenvalue weighted by atomic mass is 9.78. The quantitative estimate of drug-likeness (QED) is 0.541. The molecule has 0 fully saturated rings. The predicted molar refractivity (Wildman–Crippen MR) is 122 cm³/mol. The fourth-order valence-corrected chi connectivity index (χ4v) is 2.42. The second kappa shape index (κ2) is 13.2. The summed E-state index contributed by atoms with van der Waals surface area (Å²) >= 11 is 0. The van der Waals surface area contributed by atoms with Gasteiger partial charge in [-0.15, -0.1) is 0 Å². The van der Waals surface area contributed by atoms with Gasteiger partial charge in [0.2, 0.25) is 0 Å². The van der Waals surface area contributed by atoms with E-state index in [4.69, 9.17) is 0 Å². The van der Waals surface area contributed by atoms with Crippen LogP contribution < -0.4 is 0 Å². The van der Waals surface area contributed by atoms with Gasteiger partial charge in [-0.1, -0.05) is 95.5 Å². The van der Waals surface area contributed by atoms with Gasteiger partial charge in [0, 0.05) is 5.41 Å². The lowest BCUT2D eigenvalue weighted by molar-refractivity contribution is 0.474. The molecular formula is C26H40O. The van der Waals surface area contributed by atoms with Crippen molar-refractivity contribution >= 4 is 0 Å². The van der Waals surface area contributed by atoms with Crippen molar-refractivity contribution in [1.29, 1.82) is 0 Å². The van der Waals surface area contributed by atoms with Crippen LogP contribution >= 0.6 is 0 Å². The third-order valence-electron chi connectivity index (χ3n) is 4.38. The molecule has 1 heteroatoms. The minimum absolute atomic E-state index is 0.0432. The Morgan fingerprint density at radius 2 is 1.22 bits per heavy atom. The first-order valence-corrected chi connectivity index (χ1v) is 10.2. The van der Waals surface area contributed by atoms with Crippen molar-refractivity contribution in [3.63, 3.8) is 0 Å². The summed E-state index contributed by atoms with van der Waals surface area (Å²) in [5.74, 6) is 0.317. The predicted octanol–water partition coefficient (Wildman–Crippen LogP) is 8.06. The fourth-order valence-electron chi connectivity index (χ4n) is 2.42. The van der Waals surface area contributed by atoms with Gasteiger partial charge >= 0.3 is 0 Å². The summed E-state index contributed by atoms with van der Waals surface area (Å²) in [7, 11) is 0. The van der Waals surface area contributed by atoms with Gasteiger partial charge in [-0.25, -0.2) is 0 Å². The summed E-state index contributed by atoms with van der Waals surface area (Å²) in [6.07, 6.45) is 5.65. The first-order chi connectivity index (χ1) is 12.7. The molecule has 0 aliphatic rings. The topological polar surface area (TPSA) is 20.2 Å². The van der Waals surface area contributed by atoms with E-state index in [0.29, 0.717) is 5.75 Å². The minimum atomic E-state index is -0.0432. The van der Waals surface area contributed by atoms with E-state index in [-0.39, 0.29) is 5.41 Å². The van der Waals surface area contributed by atoms with E-state index in [1.807, 2.05) is 19.1 Å². The maximum absolute atomic E-state index is 9.39. The Labute approximate surface area is 168 Å². The molecular weight excluding hydrogens is 328 g/mol. The standard InChI is InChI=1S/C18H22O.C5H10.C3H8/c1-4-5-14-6-8-15(9-7-14)18(2,3)16-10-12-17(19)13-11-16;1-4-5(2)3;1-3-2/h6-13,19H,4-5H2,1-3H3;4H,1-3H3;3H2,1-2H3. The molecule has 150 valence electrons. The van der Waals surface area contributed by atoms with Crippen molar-refractivity contribution in [3.05, 3.63) is 76.9 Å². The van der Waals surface area contributed by atoms with Crippen molar-refractivity contribution in [3.8, 4) is 5.75 Å². The van der Waals surface area contributed by atoms with Crippen LogP contribution in [0.3, 0.4) is 0 Å². The Kier molecular flexibility index (Phi) is 12.2. The zero-order valence-electron chi connectivity index (χ0n) is 18.8. The molecule has 0 aliphatic carbocycles. The van der Waals surface area contributed by atoms with Crippen molar-refractivity contribution in [2.75, 3.05) is 0 Å². The molecule has 0 aromatic heterocycles. The van der Waals surface area contributed by atoms with Crippen LogP contribution in [-0.4, -0.2) is 5.11 Å². The molecule has 0 unspecified atom stereocenters. The smallest absolute Gasteiger partial charge is 0.115 e. The van der Waals surface area contributed by atoms with E-state index in [0.717, 1.165) is 6.42 Å². The van der Waals surface area contributed by atoms with Crippen LogP contribution in [0.4, 0.5) is 0 Å². The summed E-state index contributed by atoms with van der Waals surface area (Å²) in [6, 6.07) is 16.4. The van der Waals surface area contributed by atoms with Crippen LogP contribution in [0.25, 0.3) is 0 Å². The molecule has 0 radical (unpaired) electrons. The van der Waals surface area contributed by atoms with Gasteiger partial charge in [-0.05, 0) is 56.0 Å². The second-order valence-corrected chi connectivity index (χ2v) is 7.69. The van der Waals surface area contributed by atoms with Crippen molar-refractivity contribution in [2.45, 2.75) is 80.1 Å². The normalized spacial score (nSPS) is 10.1. The number of aryl methyl sites for hydroxylation is 1. The summed E-state index contributed by atoms with van der Waals surface area (Å²) in [6.45, 7) is 17.1. The molecule has 0 saturated carbocycles. The van der Waals surface area contributed by atoms with Gasteiger partial charge in [0.1, 0.15) is 5.75 Å². The summed E-state index contributed by atoms with van der Waals surface area (Å²) in [5.41, 5.74) is 5.25. The zero-order valence-corrected chi connectivity index (χ0v) is 18.8. The molecule has 0 heterocycles. The summed E-state index contributed by atoms with van der Waals surface area (Å²) in [5, 5.41) is 9.39. The average Bonchev–Trinajstić information content (AvgIpc) is 2.64. The van der Waals surface area contributed by atoms with E-state index < -0.39 is 0 Å². The molecule has 1 N–H and O–H groups in total. The second-order valence-electron chi connectivity index (χ2n) is 7.69. The van der Waals surface area contributed by atoms with E-state index >= 15 is 0 Å². The minimum Gasteiger partial charge on any atom is -0.508 e. The highest BCUT2D eigenvalue weighted by Gasteiger charge is 2.22. The molecule has 0 saturated heterocycles. The van der Waals surface area contributed by atoms with Crippen LogP contribution in [0.2, 0.25) is 0 Å². The molecule has 0 aliphatic heterocycles.